The van der Waals surface area contributed by atoms with Crippen LogP contribution in [0.5, 0.6) is 0 Å². The van der Waals surface area contributed by atoms with Crippen LogP contribution in [0.3, 0.4) is 0 Å². The molecule has 1 aliphatic carbocycles. The number of halogens is 1. The Balaban J connectivity index is 0.00000147. The summed E-state index contributed by atoms with van der Waals surface area (Å²) in [5.41, 5.74) is 7.46. The van der Waals surface area contributed by atoms with Gasteiger partial charge in [-0.2, -0.15) is 0 Å². The Morgan fingerprint density at radius 1 is 1.40 bits per heavy atom. The average molecular weight is 315 g/mol. The molecule has 2 heterocycles. The van der Waals surface area contributed by atoms with Crippen molar-refractivity contribution in [3.63, 3.8) is 0 Å². The summed E-state index contributed by atoms with van der Waals surface area (Å²) in [6, 6.07) is 2.41. The zero-order chi connectivity index (χ0) is 13.4. The van der Waals surface area contributed by atoms with E-state index in [0.29, 0.717) is 0 Å². The largest absolute Gasteiger partial charge is 0.333 e. The molecule has 1 fully saturated rings. The Bertz CT molecular complexity index is 465. The van der Waals surface area contributed by atoms with Gasteiger partial charge in [0, 0.05) is 23.5 Å². The van der Waals surface area contributed by atoms with Crippen LogP contribution in [0.25, 0.3) is 0 Å². The van der Waals surface area contributed by atoms with Gasteiger partial charge in [-0.25, -0.2) is 0 Å². The highest BCUT2D eigenvalue weighted by Gasteiger charge is 2.31. The molecule has 112 valence electrons. The van der Waals surface area contributed by atoms with Crippen LogP contribution >= 0.6 is 23.7 Å². The van der Waals surface area contributed by atoms with Crippen molar-refractivity contribution in [1.82, 2.24) is 4.90 Å². The molecule has 2 unspecified atom stereocenters. The average Bonchev–Trinajstić information content (AvgIpc) is 2.98. The van der Waals surface area contributed by atoms with Gasteiger partial charge in [0.15, 0.2) is 0 Å². The minimum absolute atomic E-state index is 0. The number of hydrogen-bond acceptors (Lipinski definition) is 3. The maximum absolute atomic E-state index is 12.7. The fourth-order valence-electron chi connectivity index (χ4n) is 3.33. The Kier molecular flexibility index (Phi) is 5.10. The molecular weight excluding hydrogens is 292 g/mol. The standard InChI is InChI=1S/C15H22N2OS.ClH/c1-10(16)12-6-2-3-8-17(12)15(18)14-9-11-5-4-7-13(11)19-14;/h9-10,12H,2-8,16H2,1H3;1H. The molecule has 0 bridgehead atoms. The summed E-state index contributed by atoms with van der Waals surface area (Å²) in [5.74, 6) is 0.210. The first-order chi connectivity index (χ1) is 9.16. The fourth-order valence-corrected chi connectivity index (χ4v) is 4.54. The molecule has 2 aliphatic rings. The number of rotatable bonds is 2. The van der Waals surface area contributed by atoms with E-state index in [2.05, 4.69) is 6.07 Å². The molecule has 0 aromatic carbocycles. The summed E-state index contributed by atoms with van der Waals surface area (Å²) in [4.78, 5) is 17.1. The molecule has 1 saturated heterocycles. The molecule has 0 spiro atoms. The second-order valence-electron chi connectivity index (χ2n) is 5.83. The molecular formula is C15H23ClN2OS. The predicted molar refractivity (Wildman–Crippen MR) is 85.9 cm³/mol. The number of fused-ring (bicyclic) bond motifs is 1. The molecule has 1 aromatic rings. The van der Waals surface area contributed by atoms with Crippen LogP contribution in [-0.4, -0.2) is 29.4 Å². The van der Waals surface area contributed by atoms with Crippen LogP contribution in [0.4, 0.5) is 0 Å². The summed E-state index contributed by atoms with van der Waals surface area (Å²) < 4.78 is 0. The lowest BCUT2D eigenvalue weighted by atomic mass is 9.96. The molecule has 5 heteroatoms. The lowest BCUT2D eigenvalue weighted by Gasteiger charge is -2.37. The van der Waals surface area contributed by atoms with Gasteiger partial charge in [0.25, 0.3) is 5.91 Å². The number of carbonyl (C=O) groups is 1. The van der Waals surface area contributed by atoms with Gasteiger partial charge < -0.3 is 10.6 Å². The highest BCUT2D eigenvalue weighted by molar-refractivity contribution is 7.14. The lowest BCUT2D eigenvalue weighted by molar-refractivity contribution is 0.0589. The van der Waals surface area contributed by atoms with Gasteiger partial charge in [-0.05, 0) is 57.1 Å². The van der Waals surface area contributed by atoms with Gasteiger partial charge in [-0.15, -0.1) is 23.7 Å². The van der Waals surface area contributed by atoms with Crippen LogP contribution in [0.2, 0.25) is 0 Å². The second kappa shape index (κ2) is 6.46. The summed E-state index contributed by atoms with van der Waals surface area (Å²) in [6.07, 6.45) is 6.91. The Hall–Kier alpha value is -0.580. The number of hydrogen-bond donors (Lipinski definition) is 1. The van der Waals surface area contributed by atoms with Gasteiger partial charge in [0.05, 0.1) is 4.88 Å². The van der Waals surface area contributed by atoms with Crippen LogP contribution in [0, 0.1) is 0 Å². The van der Waals surface area contributed by atoms with E-state index < -0.39 is 0 Å². The number of nitrogens with two attached hydrogens (primary N) is 1. The van der Waals surface area contributed by atoms with Gasteiger partial charge in [-0.1, -0.05) is 0 Å². The maximum atomic E-state index is 12.7. The second-order valence-corrected chi connectivity index (χ2v) is 6.97. The van der Waals surface area contributed by atoms with E-state index in [4.69, 9.17) is 5.73 Å². The Labute approximate surface area is 130 Å². The predicted octanol–water partition coefficient (Wildman–Crippen LogP) is 3.00. The fraction of sp³-hybridized carbons (Fsp3) is 0.667. The molecule has 1 amide bonds. The van der Waals surface area contributed by atoms with E-state index in [-0.39, 0.29) is 30.4 Å². The van der Waals surface area contributed by atoms with E-state index >= 15 is 0 Å². The van der Waals surface area contributed by atoms with Gasteiger partial charge >= 0.3 is 0 Å². The molecule has 2 atom stereocenters. The van der Waals surface area contributed by atoms with Crippen molar-refractivity contribution in [2.75, 3.05) is 6.54 Å². The van der Waals surface area contributed by atoms with Gasteiger partial charge in [0.2, 0.25) is 0 Å². The smallest absolute Gasteiger partial charge is 0.264 e. The zero-order valence-corrected chi connectivity index (χ0v) is 13.6. The molecule has 1 aromatic heterocycles. The first kappa shape index (κ1) is 15.8. The summed E-state index contributed by atoms with van der Waals surface area (Å²) in [7, 11) is 0. The van der Waals surface area contributed by atoms with Crippen molar-refractivity contribution in [3.05, 3.63) is 21.4 Å². The van der Waals surface area contributed by atoms with Crippen LogP contribution in [0.15, 0.2) is 6.07 Å². The maximum Gasteiger partial charge on any atom is 0.264 e. The van der Waals surface area contributed by atoms with Gasteiger partial charge in [0.1, 0.15) is 0 Å². The summed E-state index contributed by atoms with van der Waals surface area (Å²) >= 11 is 1.71. The SMILES string of the molecule is CC(N)C1CCCCN1C(=O)c1cc2c(s1)CCC2.Cl. The number of thiophene rings is 1. The third kappa shape index (κ3) is 2.87. The van der Waals surface area contributed by atoms with Crippen molar-refractivity contribution in [2.24, 2.45) is 5.73 Å². The number of amides is 1. The molecule has 0 radical (unpaired) electrons. The van der Waals surface area contributed by atoms with Crippen LogP contribution in [0.1, 0.15) is 52.7 Å². The molecule has 3 rings (SSSR count). The normalized spacial score (nSPS) is 23.1. The molecule has 20 heavy (non-hydrogen) atoms. The summed E-state index contributed by atoms with van der Waals surface area (Å²) in [6.45, 7) is 2.89. The lowest BCUT2D eigenvalue weighted by Crippen LogP contribution is -2.51. The topological polar surface area (TPSA) is 46.3 Å². The minimum atomic E-state index is 0. The number of nitrogens with zero attached hydrogens (tertiary/aromatic N) is 1. The molecule has 2 N–H and O–H groups in total. The summed E-state index contributed by atoms with van der Waals surface area (Å²) in [5, 5.41) is 0. The first-order valence-corrected chi connectivity index (χ1v) is 8.16. The number of carbonyl (C=O) groups excluding carboxylic acids is 1. The van der Waals surface area contributed by atoms with Crippen molar-refractivity contribution < 1.29 is 4.79 Å². The van der Waals surface area contributed by atoms with Crippen molar-refractivity contribution in [3.8, 4) is 0 Å². The van der Waals surface area contributed by atoms with E-state index in [0.717, 1.165) is 37.1 Å². The van der Waals surface area contributed by atoms with Gasteiger partial charge in [-0.3, -0.25) is 4.79 Å². The Morgan fingerprint density at radius 2 is 2.20 bits per heavy atom. The number of likely N-dealkylation sites (tertiary alicyclic amines) is 1. The van der Waals surface area contributed by atoms with E-state index in [1.165, 1.54) is 23.3 Å². The number of piperidine rings is 1. The van der Waals surface area contributed by atoms with E-state index in [9.17, 15) is 4.79 Å². The Morgan fingerprint density at radius 3 is 2.90 bits per heavy atom. The molecule has 0 saturated carbocycles. The third-order valence-electron chi connectivity index (χ3n) is 4.37. The molecule has 1 aliphatic heterocycles. The van der Waals surface area contributed by atoms with Crippen molar-refractivity contribution >= 4 is 29.7 Å². The monoisotopic (exact) mass is 314 g/mol. The quantitative estimate of drug-likeness (QED) is 0.912. The van der Waals surface area contributed by atoms with Crippen molar-refractivity contribution in [2.45, 2.75) is 57.5 Å². The minimum Gasteiger partial charge on any atom is -0.333 e. The van der Waals surface area contributed by atoms with E-state index in [1.54, 1.807) is 11.3 Å². The highest BCUT2D eigenvalue weighted by atomic mass is 35.5. The van der Waals surface area contributed by atoms with Crippen molar-refractivity contribution in [1.29, 1.82) is 0 Å². The molecule has 3 nitrogen and oxygen atoms in total. The van der Waals surface area contributed by atoms with Crippen LogP contribution < -0.4 is 5.73 Å². The van der Waals surface area contributed by atoms with Crippen LogP contribution in [-0.2, 0) is 12.8 Å². The number of aryl methyl sites for hydroxylation is 2. The first-order valence-electron chi connectivity index (χ1n) is 7.35. The highest BCUT2D eigenvalue weighted by Crippen LogP contribution is 2.32. The van der Waals surface area contributed by atoms with E-state index in [1.807, 2.05) is 11.8 Å². The third-order valence-corrected chi connectivity index (χ3v) is 5.60. The zero-order valence-electron chi connectivity index (χ0n) is 11.9.